The highest BCUT2D eigenvalue weighted by molar-refractivity contribution is 5.95. The van der Waals surface area contributed by atoms with Gasteiger partial charge in [0.05, 0.1) is 16.6 Å². The maximum absolute atomic E-state index is 12.8. The molecule has 0 aliphatic heterocycles. The van der Waals surface area contributed by atoms with Crippen molar-refractivity contribution in [1.82, 2.24) is 9.55 Å². The van der Waals surface area contributed by atoms with Gasteiger partial charge in [-0.1, -0.05) is 74.5 Å². The Morgan fingerprint density at radius 3 is 2.17 bits per heavy atom. The smallest absolute Gasteiger partial charge is 0.343 e. The summed E-state index contributed by atoms with van der Waals surface area (Å²) >= 11 is 0. The van der Waals surface area contributed by atoms with Crippen molar-refractivity contribution < 1.29 is 9.53 Å². The molecule has 0 atom stereocenters. The van der Waals surface area contributed by atoms with Crippen LogP contribution in [0.5, 0.6) is 0 Å². The number of rotatable bonds is 6. The zero-order chi connectivity index (χ0) is 20.9. The van der Waals surface area contributed by atoms with Gasteiger partial charge < -0.3 is 9.30 Å². The molecule has 4 rings (SSSR count). The molecule has 0 amide bonds. The van der Waals surface area contributed by atoms with Crippen LogP contribution < -0.4 is 0 Å². The fourth-order valence-corrected chi connectivity index (χ4v) is 3.39. The SMILES string of the molecule is CC(C)Cn1c(/C=C(/OC(=O)c2ccccc2)c2ccccc2)nc2ccccc21. The largest absolute Gasteiger partial charge is 0.422 e. The minimum atomic E-state index is -0.391. The fourth-order valence-electron chi connectivity index (χ4n) is 3.39. The summed E-state index contributed by atoms with van der Waals surface area (Å²) < 4.78 is 8.03. The molecule has 0 aliphatic carbocycles. The Hall–Kier alpha value is -3.66. The third kappa shape index (κ3) is 4.33. The second-order valence-electron chi connectivity index (χ2n) is 7.59. The topological polar surface area (TPSA) is 44.1 Å². The summed E-state index contributed by atoms with van der Waals surface area (Å²) in [6.07, 6.45) is 1.86. The number of carbonyl (C=O) groups is 1. The molecule has 4 aromatic rings. The maximum atomic E-state index is 12.8. The maximum Gasteiger partial charge on any atom is 0.343 e. The molecule has 4 nitrogen and oxygen atoms in total. The van der Waals surface area contributed by atoms with E-state index in [0.29, 0.717) is 17.2 Å². The Kier molecular flexibility index (Phi) is 5.75. The van der Waals surface area contributed by atoms with Crippen molar-refractivity contribution in [2.24, 2.45) is 5.92 Å². The van der Waals surface area contributed by atoms with Crippen molar-refractivity contribution in [1.29, 1.82) is 0 Å². The van der Waals surface area contributed by atoms with Gasteiger partial charge in [-0.2, -0.15) is 0 Å². The molecule has 0 bridgehead atoms. The standard InChI is InChI=1S/C26H24N2O2/c1-19(2)18-28-23-16-10-9-15-22(23)27-25(28)17-24(20-11-5-3-6-12-20)30-26(29)21-13-7-4-8-14-21/h3-17,19H,18H2,1-2H3/b24-17+. The van der Waals surface area contributed by atoms with E-state index in [1.165, 1.54) is 0 Å². The van der Waals surface area contributed by atoms with Crippen molar-refractivity contribution in [2.45, 2.75) is 20.4 Å². The van der Waals surface area contributed by atoms with Crippen LogP contribution in [-0.4, -0.2) is 15.5 Å². The van der Waals surface area contributed by atoms with E-state index in [9.17, 15) is 4.79 Å². The molecule has 30 heavy (non-hydrogen) atoms. The fraction of sp³-hybridized carbons (Fsp3) is 0.154. The highest BCUT2D eigenvalue weighted by Crippen LogP contribution is 2.24. The highest BCUT2D eigenvalue weighted by Gasteiger charge is 2.15. The Morgan fingerprint density at radius 1 is 0.900 bits per heavy atom. The lowest BCUT2D eigenvalue weighted by Crippen LogP contribution is -2.08. The van der Waals surface area contributed by atoms with Crippen molar-refractivity contribution in [3.63, 3.8) is 0 Å². The Morgan fingerprint density at radius 2 is 1.50 bits per heavy atom. The first-order valence-electron chi connectivity index (χ1n) is 10.1. The monoisotopic (exact) mass is 396 g/mol. The van der Waals surface area contributed by atoms with Crippen LogP contribution in [0.1, 0.15) is 35.6 Å². The van der Waals surface area contributed by atoms with Gasteiger partial charge >= 0.3 is 5.97 Å². The molecule has 1 aromatic heterocycles. The van der Waals surface area contributed by atoms with Crippen LogP contribution in [0, 0.1) is 5.92 Å². The number of imidazole rings is 1. The van der Waals surface area contributed by atoms with Gasteiger partial charge in [0.1, 0.15) is 11.6 Å². The first kappa shape index (κ1) is 19.6. The number of hydrogen-bond acceptors (Lipinski definition) is 3. The molecule has 0 fully saturated rings. The summed E-state index contributed by atoms with van der Waals surface area (Å²) in [5.74, 6) is 1.30. The zero-order valence-corrected chi connectivity index (χ0v) is 17.2. The van der Waals surface area contributed by atoms with Gasteiger partial charge in [-0.05, 0) is 30.2 Å². The van der Waals surface area contributed by atoms with Crippen LogP contribution in [0.15, 0.2) is 84.9 Å². The van der Waals surface area contributed by atoms with E-state index in [1.807, 2.05) is 72.8 Å². The molecule has 0 unspecified atom stereocenters. The predicted molar refractivity (Wildman–Crippen MR) is 121 cm³/mol. The number of benzene rings is 3. The molecule has 0 N–H and O–H groups in total. The first-order valence-corrected chi connectivity index (χ1v) is 10.1. The summed E-state index contributed by atoms with van der Waals surface area (Å²) in [5, 5.41) is 0. The summed E-state index contributed by atoms with van der Waals surface area (Å²) in [6.45, 7) is 5.17. The van der Waals surface area contributed by atoms with E-state index in [1.54, 1.807) is 12.1 Å². The van der Waals surface area contributed by atoms with Crippen molar-refractivity contribution in [3.05, 3.63) is 102 Å². The quantitative estimate of drug-likeness (QED) is 0.294. The lowest BCUT2D eigenvalue weighted by Gasteiger charge is -2.12. The average Bonchev–Trinajstić information content (AvgIpc) is 3.11. The van der Waals surface area contributed by atoms with E-state index in [4.69, 9.17) is 9.72 Å². The molecule has 0 saturated heterocycles. The lowest BCUT2D eigenvalue weighted by atomic mass is 10.1. The summed E-state index contributed by atoms with van der Waals surface area (Å²) in [7, 11) is 0. The summed E-state index contributed by atoms with van der Waals surface area (Å²) in [6, 6.07) is 26.7. The summed E-state index contributed by atoms with van der Waals surface area (Å²) in [5.41, 5.74) is 3.32. The Balaban J connectivity index is 1.80. The molecule has 3 aromatic carbocycles. The number of fused-ring (bicyclic) bond motifs is 1. The lowest BCUT2D eigenvalue weighted by molar-refractivity contribution is 0.0693. The average molecular weight is 396 g/mol. The molecule has 4 heteroatoms. The van der Waals surface area contributed by atoms with Crippen LogP contribution in [-0.2, 0) is 11.3 Å². The molecule has 0 radical (unpaired) electrons. The molecular formula is C26H24N2O2. The minimum absolute atomic E-state index is 0.391. The number of hydrogen-bond donors (Lipinski definition) is 0. The van der Waals surface area contributed by atoms with Gasteiger partial charge in [0.2, 0.25) is 0 Å². The Bertz CT molecular complexity index is 1180. The van der Waals surface area contributed by atoms with Crippen LogP contribution >= 0.6 is 0 Å². The molecule has 0 saturated carbocycles. The molecule has 1 heterocycles. The summed E-state index contributed by atoms with van der Waals surface area (Å²) in [4.78, 5) is 17.6. The van der Waals surface area contributed by atoms with E-state index in [0.717, 1.165) is 29.0 Å². The number of nitrogens with zero attached hydrogens (tertiary/aromatic N) is 2. The van der Waals surface area contributed by atoms with E-state index in [-0.39, 0.29) is 0 Å². The zero-order valence-electron chi connectivity index (χ0n) is 17.2. The highest BCUT2D eigenvalue weighted by atomic mass is 16.5. The first-order chi connectivity index (χ1) is 14.6. The third-order valence-electron chi connectivity index (χ3n) is 4.76. The van der Waals surface area contributed by atoms with Gasteiger partial charge in [0, 0.05) is 18.2 Å². The normalized spacial score (nSPS) is 11.8. The molecule has 0 spiro atoms. The number of para-hydroxylation sites is 2. The Labute approximate surface area is 176 Å². The van der Waals surface area contributed by atoms with E-state index >= 15 is 0 Å². The van der Waals surface area contributed by atoms with Crippen LogP contribution in [0.4, 0.5) is 0 Å². The van der Waals surface area contributed by atoms with Gasteiger partial charge in [-0.15, -0.1) is 0 Å². The molecule has 150 valence electrons. The van der Waals surface area contributed by atoms with E-state index < -0.39 is 5.97 Å². The molecular weight excluding hydrogens is 372 g/mol. The minimum Gasteiger partial charge on any atom is -0.422 e. The van der Waals surface area contributed by atoms with Crippen molar-refractivity contribution in [2.75, 3.05) is 0 Å². The van der Waals surface area contributed by atoms with Crippen LogP contribution in [0.2, 0.25) is 0 Å². The predicted octanol–water partition coefficient (Wildman–Crippen LogP) is 6.05. The van der Waals surface area contributed by atoms with Crippen LogP contribution in [0.25, 0.3) is 22.9 Å². The number of esters is 1. The van der Waals surface area contributed by atoms with Gasteiger partial charge in [-0.3, -0.25) is 0 Å². The second kappa shape index (κ2) is 8.78. The molecule has 0 aliphatic rings. The van der Waals surface area contributed by atoms with Crippen molar-refractivity contribution in [3.8, 4) is 0 Å². The van der Waals surface area contributed by atoms with Crippen molar-refractivity contribution >= 4 is 28.8 Å². The second-order valence-corrected chi connectivity index (χ2v) is 7.59. The van der Waals surface area contributed by atoms with E-state index in [2.05, 4.69) is 24.5 Å². The van der Waals surface area contributed by atoms with Gasteiger partial charge in [0.25, 0.3) is 0 Å². The van der Waals surface area contributed by atoms with Gasteiger partial charge in [0.15, 0.2) is 0 Å². The van der Waals surface area contributed by atoms with Gasteiger partial charge in [-0.25, -0.2) is 9.78 Å². The number of aromatic nitrogens is 2. The third-order valence-corrected chi connectivity index (χ3v) is 4.76. The number of carbonyl (C=O) groups excluding carboxylic acids is 1. The van der Waals surface area contributed by atoms with Crippen LogP contribution in [0.3, 0.4) is 0 Å². The number of ether oxygens (including phenoxy) is 1.